The summed E-state index contributed by atoms with van der Waals surface area (Å²) < 4.78 is 6.57. The molecule has 0 aliphatic carbocycles. The van der Waals surface area contributed by atoms with E-state index < -0.39 is 17.7 Å². The maximum atomic E-state index is 13.4. The van der Waals surface area contributed by atoms with Crippen LogP contribution in [0.15, 0.2) is 78.4 Å². The van der Waals surface area contributed by atoms with Crippen LogP contribution in [-0.4, -0.2) is 28.4 Å². The standard InChI is InChI=1S/C28H23ClN2O4S/c1-2-3-15-35-20-12-9-17(10-13-20)24-23(25(32)18-7-5-4-6-8-18)26(33)27(34)31(24)28-30-21-14-11-19(29)16-22(21)36-28/h4-14,16,24,32H,2-3,15H2,1H3/b25-23+. The van der Waals surface area contributed by atoms with E-state index in [1.165, 1.54) is 16.2 Å². The van der Waals surface area contributed by atoms with Crippen molar-refractivity contribution in [2.75, 3.05) is 11.5 Å². The highest BCUT2D eigenvalue weighted by molar-refractivity contribution is 7.22. The van der Waals surface area contributed by atoms with Gasteiger partial charge >= 0.3 is 5.91 Å². The Bertz CT molecular complexity index is 1460. The highest BCUT2D eigenvalue weighted by Crippen LogP contribution is 2.44. The lowest BCUT2D eigenvalue weighted by Gasteiger charge is -2.23. The fourth-order valence-corrected chi connectivity index (χ4v) is 5.44. The van der Waals surface area contributed by atoms with Crippen molar-refractivity contribution in [3.05, 3.63) is 94.5 Å². The zero-order valence-electron chi connectivity index (χ0n) is 19.5. The van der Waals surface area contributed by atoms with Crippen molar-refractivity contribution in [1.82, 2.24) is 4.98 Å². The number of hydrogen-bond donors (Lipinski definition) is 1. The molecule has 1 atom stereocenters. The average Bonchev–Trinajstić information content (AvgIpc) is 3.42. The molecule has 1 unspecified atom stereocenters. The number of amides is 1. The Morgan fingerprint density at radius 3 is 2.56 bits per heavy atom. The van der Waals surface area contributed by atoms with E-state index in [0.29, 0.717) is 39.2 Å². The van der Waals surface area contributed by atoms with Gasteiger partial charge in [-0.1, -0.05) is 78.7 Å². The number of halogens is 1. The first-order chi connectivity index (χ1) is 17.5. The number of hydrogen-bond acceptors (Lipinski definition) is 6. The van der Waals surface area contributed by atoms with Crippen LogP contribution in [0.25, 0.3) is 16.0 Å². The van der Waals surface area contributed by atoms with Gasteiger partial charge in [0, 0.05) is 10.6 Å². The van der Waals surface area contributed by atoms with Gasteiger partial charge in [0.1, 0.15) is 11.5 Å². The number of unbranched alkanes of at least 4 members (excludes halogenated alkanes) is 1. The van der Waals surface area contributed by atoms with E-state index in [4.69, 9.17) is 16.3 Å². The van der Waals surface area contributed by atoms with Gasteiger partial charge in [0.15, 0.2) is 5.13 Å². The minimum absolute atomic E-state index is 0.0168. The van der Waals surface area contributed by atoms with Gasteiger partial charge in [-0.25, -0.2) is 4.98 Å². The van der Waals surface area contributed by atoms with Crippen LogP contribution in [-0.2, 0) is 9.59 Å². The van der Waals surface area contributed by atoms with Crippen molar-refractivity contribution >= 4 is 55.7 Å². The first kappa shape index (κ1) is 24.0. The summed E-state index contributed by atoms with van der Waals surface area (Å²) in [5.74, 6) is -1.04. The number of thiazole rings is 1. The largest absolute Gasteiger partial charge is 0.507 e. The summed E-state index contributed by atoms with van der Waals surface area (Å²) in [7, 11) is 0. The van der Waals surface area contributed by atoms with Gasteiger partial charge in [-0.2, -0.15) is 0 Å². The van der Waals surface area contributed by atoms with Gasteiger partial charge in [-0.15, -0.1) is 0 Å². The Kier molecular flexibility index (Phi) is 6.76. The minimum atomic E-state index is -0.856. The molecule has 1 fully saturated rings. The van der Waals surface area contributed by atoms with Gasteiger partial charge in [0.25, 0.3) is 5.78 Å². The number of aromatic nitrogens is 1. The first-order valence-corrected chi connectivity index (χ1v) is 12.8. The van der Waals surface area contributed by atoms with E-state index >= 15 is 0 Å². The fourth-order valence-electron chi connectivity index (χ4n) is 4.17. The molecular formula is C28H23ClN2O4S. The lowest BCUT2D eigenvalue weighted by atomic mass is 9.95. The third-order valence-electron chi connectivity index (χ3n) is 6.00. The zero-order valence-corrected chi connectivity index (χ0v) is 21.1. The number of ether oxygens (including phenoxy) is 1. The van der Waals surface area contributed by atoms with Gasteiger partial charge in [0.2, 0.25) is 0 Å². The quantitative estimate of drug-likeness (QED) is 0.127. The van der Waals surface area contributed by atoms with E-state index in [2.05, 4.69) is 11.9 Å². The Labute approximate surface area is 217 Å². The summed E-state index contributed by atoms with van der Waals surface area (Å²) in [5.41, 5.74) is 1.80. The minimum Gasteiger partial charge on any atom is -0.507 e. The van der Waals surface area contributed by atoms with E-state index in [-0.39, 0.29) is 11.3 Å². The Hall–Kier alpha value is -3.68. The van der Waals surface area contributed by atoms with Crippen LogP contribution in [0, 0.1) is 0 Å². The molecule has 1 amide bonds. The molecule has 0 bridgehead atoms. The third kappa shape index (κ3) is 4.47. The molecule has 6 nitrogen and oxygen atoms in total. The van der Waals surface area contributed by atoms with Gasteiger partial charge < -0.3 is 9.84 Å². The van der Waals surface area contributed by atoms with E-state index in [0.717, 1.165) is 17.5 Å². The smallest absolute Gasteiger partial charge is 0.301 e. The lowest BCUT2D eigenvalue weighted by molar-refractivity contribution is -0.132. The summed E-state index contributed by atoms with van der Waals surface area (Å²) in [4.78, 5) is 32.7. The molecule has 1 aromatic heterocycles. The normalized spacial score (nSPS) is 17.2. The molecule has 1 N–H and O–H groups in total. The maximum absolute atomic E-state index is 13.4. The van der Waals surface area contributed by atoms with Crippen LogP contribution >= 0.6 is 22.9 Å². The van der Waals surface area contributed by atoms with Crippen LogP contribution in [0.4, 0.5) is 5.13 Å². The molecule has 182 valence electrons. The Morgan fingerprint density at radius 1 is 1.08 bits per heavy atom. The number of aliphatic hydroxyl groups excluding tert-OH is 1. The predicted octanol–water partition coefficient (Wildman–Crippen LogP) is 6.75. The van der Waals surface area contributed by atoms with E-state index in [9.17, 15) is 14.7 Å². The topological polar surface area (TPSA) is 79.7 Å². The number of carbonyl (C=O) groups is 2. The molecule has 5 rings (SSSR count). The van der Waals surface area contributed by atoms with Gasteiger partial charge in [-0.3, -0.25) is 14.5 Å². The van der Waals surface area contributed by atoms with Crippen molar-refractivity contribution in [3.8, 4) is 5.75 Å². The van der Waals surface area contributed by atoms with Crippen LogP contribution in [0.3, 0.4) is 0 Å². The van der Waals surface area contributed by atoms with Gasteiger partial charge in [-0.05, 0) is 42.3 Å². The second-order valence-corrected chi connectivity index (χ2v) is 9.86. The number of anilines is 1. The van der Waals surface area contributed by atoms with Gasteiger partial charge in [0.05, 0.1) is 28.4 Å². The second-order valence-electron chi connectivity index (χ2n) is 8.41. The highest BCUT2D eigenvalue weighted by Gasteiger charge is 2.48. The number of ketones is 1. The molecule has 4 aromatic rings. The highest BCUT2D eigenvalue weighted by atomic mass is 35.5. The van der Waals surface area contributed by atoms with Crippen molar-refractivity contribution in [1.29, 1.82) is 0 Å². The molecule has 0 radical (unpaired) electrons. The summed E-state index contributed by atoms with van der Waals surface area (Å²) >= 11 is 7.42. The monoisotopic (exact) mass is 518 g/mol. The fraction of sp³-hybridized carbons (Fsp3) is 0.179. The predicted molar refractivity (Wildman–Crippen MR) is 143 cm³/mol. The Morgan fingerprint density at radius 2 is 1.83 bits per heavy atom. The summed E-state index contributed by atoms with van der Waals surface area (Å²) in [6.07, 6.45) is 1.97. The molecule has 36 heavy (non-hydrogen) atoms. The lowest BCUT2D eigenvalue weighted by Crippen LogP contribution is -2.29. The Balaban J connectivity index is 1.63. The van der Waals surface area contributed by atoms with Crippen LogP contribution < -0.4 is 9.64 Å². The van der Waals surface area contributed by atoms with Crippen molar-refractivity contribution in [2.45, 2.75) is 25.8 Å². The number of fused-ring (bicyclic) bond motifs is 1. The van der Waals surface area contributed by atoms with Crippen LogP contribution in [0.5, 0.6) is 5.75 Å². The number of aliphatic hydroxyl groups is 1. The molecule has 3 aromatic carbocycles. The average molecular weight is 519 g/mol. The summed E-state index contributed by atoms with van der Waals surface area (Å²) in [5, 5.41) is 12.1. The number of nitrogens with zero attached hydrogens (tertiary/aromatic N) is 2. The van der Waals surface area contributed by atoms with E-state index in [1.807, 2.05) is 30.3 Å². The van der Waals surface area contributed by atoms with Crippen molar-refractivity contribution in [2.24, 2.45) is 0 Å². The number of Topliss-reactive ketones (excluding diaryl/α,β-unsaturated/α-hetero) is 1. The maximum Gasteiger partial charge on any atom is 0.301 e. The third-order valence-corrected chi connectivity index (χ3v) is 7.25. The zero-order chi connectivity index (χ0) is 25.2. The molecule has 2 heterocycles. The second kappa shape index (κ2) is 10.1. The summed E-state index contributed by atoms with van der Waals surface area (Å²) in [6, 6.07) is 20.4. The van der Waals surface area contributed by atoms with Crippen LogP contribution in [0.2, 0.25) is 5.02 Å². The molecular weight excluding hydrogens is 496 g/mol. The van der Waals surface area contributed by atoms with Crippen molar-refractivity contribution in [3.63, 3.8) is 0 Å². The molecule has 1 aliphatic rings. The molecule has 1 saturated heterocycles. The molecule has 1 aliphatic heterocycles. The number of rotatable bonds is 7. The van der Waals surface area contributed by atoms with Crippen molar-refractivity contribution < 1.29 is 19.4 Å². The van der Waals surface area contributed by atoms with Crippen LogP contribution in [0.1, 0.15) is 36.9 Å². The molecule has 0 spiro atoms. The molecule has 0 saturated carbocycles. The SMILES string of the molecule is CCCCOc1ccc(C2/C(=C(\O)c3ccccc3)C(=O)C(=O)N2c2nc3ccc(Cl)cc3s2)cc1. The van der Waals surface area contributed by atoms with E-state index in [1.54, 1.807) is 42.5 Å². The summed E-state index contributed by atoms with van der Waals surface area (Å²) in [6.45, 7) is 2.70. The molecule has 8 heteroatoms. The first-order valence-electron chi connectivity index (χ1n) is 11.6. The number of benzene rings is 3. The number of carbonyl (C=O) groups excluding carboxylic acids is 2.